The molecule has 1 aliphatic carbocycles. The zero-order valence-corrected chi connectivity index (χ0v) is 9.22. The monoisotopic (exact) mass is 209 g/mol. The van der Waals surface area contributed by atoms with Crippen molar-refractivity contribution in [1.29, 1.82) is 0 Å². The number of nitrogens with zero attached hydrogens (tertiary/aromatic N) is 1. The number of thiazole rings is 1. The largest absolute Gasteiger partial charge is 0.296 e. The van der Waals surface area contributed by atoms with Crippen LogP contribution in [-0.4, -0.2) is 11.3 Å². The minimum absolute atomic E-state index is 0.600. The van der Waals surface area contributed by atoms with Gasteiger partial charge in [0.25, 0.3) is 0 Å². The van der Waals surface area contributed by atoms with Gasteiger partial charge in [0, 0.05) is 11.3 Å². The molecule has 1 saturated carbocycles. The lowest BCUT2D eigenvalue weighted by molar-refractivity contribution is 0.111. The highest BCUT2D eigenvalue weighted by Crippen LogP contribution is 2.36. The third kappa shape index (κ3) is 2.03. The maximum Gasteiger partial charge on any atom is 0.169 e. The summed E-state index contributed by atoms with van der Waals surface area (Å²) >= 11 is 1.64. The number of rotatable bonds is 2. The molecule has 2 atom stereocenters. The van der Waals surface area contributed by atoms with Gasteiger partial charge in [-0.15, -0.1) is 11.3 Å². The van der Waals surface area contributed by atoms with Crippen molar-refractivity contribution in [1.82, 2.24) is 4.98 Å². The molecule has 3 heteroatoms. The molecule has 0 bridgehead atoms. The van der Waals surface area contributed by atoms with Gasteiger partial charge >= 0.3 is 0 Å². The van der Waals surface area contributed by atoms with E-state index < -0.39 is 0 Å². The number of aldehydes is 1. The molecule has 0 N–H and O–H groups in total. The lowest BCUT2D eigenvalue weighted by Gasteiger charge is -2.24. The highest BCUT2D eigenvalue weighted by Gasteiger charge is 2.22. The second-order valence-corrected chi connectivity index (χ2v) is 5.09. The van der Waals surface area contributed by atoms with Crippen molar-refractivity contribution in [2.24, 2.45) is 5.92 Å². The molecular formula is C11H15NOS. The predicted molar refractivity (Wildman–Crippen MR) is 57.9 cm³/mol. The van der Waals surface area contributed by atoms with Crippen LogP contribution >= 0.6 is 11.3 Å². The summed E-state index contributed by atoms with van der Waals surface area (Å²) in [7, 11) is 0. The maximum absolute atomic E-state index is 10.5. The van der Waals surface area contributed by atoms with Gasteiger partial charge in [-0.25, -0.2) is 4.98 Å². The van der Waals surface area contributed by atoms with Crippen LogP contribution in [0.3, 0.4) is 0 Å². The number of hydrogen-bond donors (Lipinski definition) is 0. The molecule has 0 spiro atoms. The molecule has 0 saturated heterocycles. The summed E-state index contributed by atoms with van der Waals surface area (Å²) in [6, 6.07) is 0. The molecule has 2 rings (SSSR count). The van der Waals surface area contributed by atoms with Crippen LogP contribution in [0.15, 0.2) is 5.38 Å². The van der Waals surface area contributed by atoms with E-state index in [9.17, 15) is 4.79 Å². The van der Waals surface area contributed by atoms with Crippen LogP contribution in [0.2, 0.25) is 0 Å². The molecule has 2 nitrogen and oxygen atoms in total. The van der Waals surface area contributed by atoms with E-state index in [1.165, 1.54) is 30.7 Å². The number of aromatic nitrogens is 1. The molecule has 76 valence electrons. The van der Waals surface area contributed by atoms with Crippen molar-refractivity contribution < 1.29 is 4.79 Å². The van der Waals surface area contributed by atoms with E-state index in [4.69, 9.17) is 0 Å². The van der Waals surface area contributed by atoms with Gasteiger partial charge in [-0.05, 0) is 18.8 Å². The topological polar surface area (TPSA) is 30.0 Å². The van der Waals surface area contributed by atoms with Gasteiger partial charge in [0.2, 0.25) is 0 Å². The first-order valence-electron chi connectivity index (χ1n) is 5.20. The molecule has 1 aliphatic rings. The van der Waals surface area contributed by atoms with E-state index in [2.05, 4.69) is 11.9 Å². The summed E-state index contributed by atoms with van der Waals surface area (Å²) in [5.74, 6) is 1.43. The standard InChI is InChI=1S/C11H15NOS/c1-8-3-2-4-9(5-8)11-12-10(6-13)7-14-11/h6-9H,2-5H2,1H3. The maximum atomic E-state index is 10.5. The van der Waals surface area contributed by atoms with Gasteiger partial charge in [0.15, 0.2) is 6.29 Å². The molecule has 14 heavy (non-hydrogen) atoms. The Balaban J connectivity index is 2.09. The SMILES string of the molecule is CC1CCCC(c2nc(C=O)cs2)C1. The van der Waals surface area contributed by atoms with Crippen molar-refractivity contribution in [2.45, 2.75) is 38.5 Å². The first-order valence-corrected chi connectivity index (χ1v) is 6.08. The predicted octanol–water partition coefficient (Wildman–Crippen LogP) is 3.25. The zero-order valence-electron chi connectivity index (χ0n) is 8.40. The smallest absolute Gasteiger partial charge is 0.169 e. The molecule has 0 radical (unpaired) electrons. The van der Waals surface area contributed by atoms with Gasteiger partial charge in [-0.1, -0.05) is 19.8 Å². The van der Waals surface area contributed by atoms with E-state index in [1.54, 1.807) is 11.3 Å². The fourth-order valence-electron chi connectivity index (χ4n) is 2.20. The average molecular weight is 209 g/mol. The van der Waals surface area contributed by atoms with Crippen LogP contribution in [0.1, 0.15) is 54.0 Å². The summed E-state index contributed by atoms with van der Waals surface area (Å²) in [6.45, 7) is 2.31. The minimum Gasteiger partial charge on any atom is -0.296 e. The van der Waals surface area contributed by atoms with E-state index in [-0.39, 0.29) is 0 Å². The fourth-order valence-corrected chi connectivity index (χ4v) is 3.12. The molecule has 1 heterocycles. The van der Waals surface area contributed by atoms with E-state index in [0.29, 0.717) is 11.6 Å². The number of carbonyl (C=O) groups excluding carboxylic acids is 1. The van der Waals surface area contributed by atoms with Crippen LogP contribution in [-0.2, 0) is 0 Å². The lowest BCUT2D eigenvalue weighted by atomic mass is 9.83. The normalized spacial score (nSPS) is 27.5. The molecule has 0 aliphatic heterocycles. The van der Waals surface area contributed by atoms with Crippen LogP contribution in [0.4, 0.5) is 0 Å². The first kappa shape index (κ1) is 9.84. The van der Waals surface area contributed by atoms with Gasteiger partial charge in [-0.2, -0.15) is 0 Å². The zero-order chi connectivity index (χ0) is 9.97. The second kappa shape index (κ2) is 4.22. The Hall–Kier alpha value is -0.700. The quantitative estimate of drug-likeness (QED) is 0.700. The Morgan fingerprint density at radius 2 is 2.43 bits per heavy atom. The highest BCUT2D eigenvalue weighted by molar-refractivity contribution is 7.09. The van der Waals surface area contributed by atoms with Gasteiger partial charge < -0.3 is 0 Å². The summed E-state index contributed by atoms with van der Waals surface area (Å²) in [5, 5.41) is 3.03. The minimum atomic E-state index is 0.600. The highest BCUT2D eigenvalue weighted by atomic mass is 32.1. The second-order valence-electron chi connectivity index (χ2n) is 4.20. The molecule has 0 aromatic carbocycles. The average Bonchev–Trinajstić information content (AvgIpc) is 2.66. The Kier molecular flexibility index (Phi) is 2.96. The van der Waals surface area contributed by atoms with Crippen molar-refractivity contribution in [2.75, 3.05) is 0 Å². The Morgan fingerprint density at radius 3 is 3.07 bits per heavy atom. The van der Waals surface area contributed by atoms with Crippen LogP contribution in [0, 0.1) is 5.92 Å². The van der Waals surface area contributed by atoms with E-state index in [0.717, 1.165) is 12.2 Å². The summed E-state index contributed by atoms with van der Waals surface area (Å²) in [5.41, 5.74) is 0.600. The molecule has 0 amide bonds. The van der Waals surface area contributed by atoms with Crippen LogP contribution in [0.5, 0.6) is 0 Å². The Labute approximate surface area is 88.4 Å². The Bertz CT molecular complexity index is 321. The first-order chi connectivity index (χ1) is 6.79. The van der Waals surface area contributed by atoms with Crippen molar-refractivity contribution in [3.8, 4) is 0 Å². The summed E-state index contributed by atoms with van der Waals surface area (Å²) < 4.78 is 0. The van der Waals surface area contributed by atoms with Gasteiger partial charge in [0.1, 0.15) is 5.69 Å². The summed E-state index contributed by atoms with van der Waals surface area (Å²) in [6.07, 6.45) is 5.98. The molecule has 1 aromatic rings. The van der Waals surface area contributed by atoms with Crippen molar-refractivity contribution >= 4 is 17.6 Å². The van der Waals surface area contributed by atoms with Gasteiger partial charge in [0.05, 0.1) is 5.01 Å². The van der Waals surface area contributed by atoms with Gasteiger partial charge in [-0.3, -0.25) is 4.79 Å². The molecule has 2 unspecified atom stereocenters. The number of hydrogen-bond acceptors (Lipinski definition) is 3. The van der Waals surface area contributed by atoms with E-state index >= 15 is 0 Å². The lowest BCUT2D eigenvalue weighted by Crippen LogP contribution is -2.11. The van der Waals surface area contributed by atoms with Crippen LogP contribution < -0.4 is 0 Å². The molecule has 1 aromatic heterocycles. The fraction of sp³-hybridized carbons (Fsp3) is 0.636. The summed E-state index contributed by atoms with van der Waals surface area (Å²) in [4.78, 5) is 14.8. The van der Waals surface area contributed by atoms with Crippen LogP contribution in [0.25, 0.3) is 0 Å². The molecule has 1 fully saturated rings. The Morgan fingerprint density at radius 1 is 1.57 bits per heavy atom. The van der Waals surface area contributed by atoms with Crippen molar-refractivity contribution in [3.05, 3.63) is 16.1 Å². The van der Waals surface area contributed by atoms with E-state index in [1.807, 2.05) is 5.38 Å². The van der Waals surface area contributed by atoms with Crippen molar-refractivity contribution in [3.63, 3.8) is 0 Å². The third-order valence-electron chi connectivity index (χ3n) is 2.95. The number of carbonyl (C=O) groups is 1. The third-order valence-corrected chi connectivity index (χ3v) is 3.97. The molecular weight excluding hydrogens is 194 g/mol.